The number of piperidine rings is 1. The van der Waals surface area contributed by atoms with E-state index in [9.17, 15) is 9.59 Å². The van der Waals surface area contributed by atoms with Crippen LogP contribution in [0.4, 0.5) is 0 Å². The van der Waals surface area contributed by atoms with Gasteiger partial charge in [-0.15, -0.1) is 0 Å². The third kappa shape index (κ3) is 4.40. The Labute approximate surface area is 150 Å². The Balaban J connectivity index is 1.51. The van der Waals surface area contributed by atoms with E-state index in [0.717, 1.165) is 57.4 Å². The first-order valence-electron chi connectivity index (χ1n) is 9.54. The molecule has 1 aromatic rings. The lowest BCUT2D eigenvalue weighted by Crippen LogP contribution is -2.49. The van der Waals surface area contributed by atoms with Crippen molar-refractivity contribution < 1.29 is 9.59 Å². The summed E-state index contributed by atoms with van der Waals surface area (Å²) in [6.45, 7) is 5.26. The lowest BCUT2D eigenvalue weighted by molar-refractivity contribution is -0.134. The Kier molecular flexibility index (Phi) is 6.08. The average Bonchev–Trinajstić information content (AvgIpc) is 3.19. The fourth-order valence-electron chi connectivity index (χ4n) is 3.90. The van der Waals surface area contributed by atoms with Gasteiger partial charge in [0.05, 0.1) is 11.8 Å². The van der Waals surface area contributed by atoms with Gasteiger partial charge in [0.2, 0.25) is 11.8 Å². The van der Waals surface area contributed by atoms with Crippen molar-refractivity contribution in [3.05, 3.63) is 35.9 Å². The van der Waals surface area contributed by atoms with Crippen molar-refractivity contribution in [1.82, 2.24) is 15.5 Å². The molecule has 0 aliphatic carbocycles. The molecule has 5 nitrogen and oxygen atoms in total. The summed E-state index contributed by atoms with van der Waals surface area (Å²) in [7, 11) is 0. The van der Waals surface area contributed by atoms with Gasteiger partial charge >= 0.3 is 0 Å². The molecular formula is C20H29N3O2. The fraction of sp³-hybridized carbons (Fsp3) is 0.600. The standard InChI is InChI=1S/C20H29N3O2/c1-2-18(15-6-4-3-5-7-15)20(25)23-12-9-17(10-13-23)22-19(24)16-8-11-21-14-16/h3-7,16-18,21H,2,8-14H2,1H3,(H,22,24). The molecule has 0 saturated carbocycles. The highest BCUT2D eigenvalue weighted by Crippen LogP contribution is 2.24. The van der Waals surface area contributed by atoms with Gasteiger partial charge in [0.1, 0.15) is 0 Å². The van der Waals surface area contributed by atoms with Crippen molar-refractivity contribution >= 4 is 11.8 Å². The van der Waals surface area contributed by atoms with E-state index in [1.54, 1.807) is 0 Å². The molecule has 2 aliphatic heterocycles. The number of rotatable bonds is 5. The molecular weight excluding hydrogens is 314 g/mol. The molecule has 2 unspecified atom stereocenters. The first-order valence-corrected chi connectivity index (χ1v) is 9.54. The second-order valence-electron chi connectivity index (χ2n) is 7.17. The molecule has 0 spiro atoms. The van der Waals surface area contributed by atoms with Gasteiger partial charge in [-0.1, -0.05) is 37.3 Å². The zero-order chi connectivity index (χ0) is 17.6. The molecule has 1 aromatic carbocycles. The second kappa shape index (κ2) is 8.48. The topological polar surface area (TPSA) is 61.4 Å². The molecule has 25 heavy (non-hydrogen) atoms. The van der Waals surface area contributed by atoms with Crippen LogP contribution in [0, 0.1) is 5.92 Å². The van der Waals surface area contributed by atoms with Crippen molar-refractivity contribution in [2.75, 3.05) is 26.2 Å². The predicted molar refractivity (Wildman–Crippen MR) is 98.2 cm³/mol. The zero-order valence-corrected chi connectivity index (χ0v) is 15.0. The van der Waals surface area contributed by atoms with E-state index < -0.39 is 0 Å². The summed E-state index contributed by atoms with van der Waals surface area (Å²) < 4.78 is 0. The monoisotopic (exact) mass is 343 g/mol. The maximum atomic E-state index is 12.9. The van der Waals surface area contributed by atoms with E-state index in [2.05, 4.69) is 17.6 Å². The Morgan fingerprint density at radius 2 is 1.92 bits per heavy atom. The second-order valence-corrected chi connectivity index (χ2v) is 7.17. The van der Waals surface area contributed by atoms with E-state index in [0.29, 0.717) is 0 Å². The van der Waals surface area contributed by atoms with Gasteiger partial charge in [-0.2, -0.15) is 0 Å². The SMILES string of the molecule is CCC(C(=O)N1CCC(NC(=O)C2CCNC2)CC1)c1ccccc1. The number of nitrogens with zero attached hydrogens (tertiary/aromatic N) is 1. The third-order valence-corrected chi connectivity index (χ3v) is 5.49. The molecule has 2 fully saturated rings. The van der Waals surface area contributed by atoms with Crippen LogP contribution in [0.25, 0.3) is 0 Å². The van der Waals surface area contributed by atoms with Crippen LogP contribution in [0.15, 0.2) is 30.3 Å². The van der Waals surface area contributed by atoms with Crippen molar-refractivity contribution in [1.29, 1.82) is 0 Å². The van der Waals surface area contributed by atoms with Crippen LogP contribution in [-0.4, -0.2) is 48.9 Å². The van der Waals surface area contributed by atoms with E-state index in [1.807, 2.05) is 35.2 Å². The van der Waals surface area contributed by atoms with Crippen molar-refractivity contribution in [3.63, 3.8) is 0 Å². The zero-order valence-electron chi connectivity index (χ0n) is 15.0. The van der Waals surface area contributed by atoms with Crippen LogP contribution in [0.2, 0.25) is 0 Å². The van der Waals surface area contributed by atoms with Crippen molar-refractivity contribution in [2.45, 2.75) is 44.6 Å². The highest BCUT2D eigenvalue weighted by molar-refractivity contribution is 5.84. The van der Waals surface area contributed by atoms with Crippen LogP contribution in [-0.2, 0) is 9.59 Å². The summed E-state index contributed by atoms with van der Waals surface area (Å²) in [5.41, 5.74) is 1.10. The Morgan fingerprint density at radius 3 is 2.52 bits per heavy atom. The van der Waals surface area contributed by atoms with Crippen LogP contribution < -0.4 is 10.6 Å². The van der Waals surface area contributed by atoms with Crippen LogP contribution in [0.5, 0.6) is 0 Å². The number of carbonyl (C=O) groups is 2. The summed E-state index contributed by atoms with van der Waals surface area (Å²) in [5.74, 6) is 0.447. The number of benzene rings is 1. The number of amides is 2. The molecule has 5 heteroatoms. The van der Waals surface area contributed by atoms with Crippen LogP contribution in [0.3, 0.4) is 0 Å². The molecule has 0 bridgehead atoms. The summed E-state index contributed by atoms with van der Waals surface area (Å²) in [6, 6.07) is 10.2. The van der Waals surface area contributed by atoms with E-state index >= 15 is 0 Å². The minimum absolute atomic E-state index is 0.0584. The van der Waals surface area contributed by atoms with E-state index in [1.165, 1.54) is 0 Å². The van der Waals surface area contributed by atoms with Crippen molar-refractivity contribution in [3.8, 4) is 0 Å². The molecule has 2 atom stereocenters. The first-order chi connectivity index (χ1) is 12.2. The highest BCUT2D eigenvalue weighted by Gasteiger charge is 2.30. The normalized spacial score (nSPS) is 22.6. The summed E-state index contributed by atoms with van der Waals surface area (Å²) in [5, 5.41) is 6.41. The van der Waals surface area contributed by atoms with E-state index in [4.69, 9.17) is 0 Å². The van der Waals surface area contributed by atoms with Crippen LogP contribution in [0.1, 0.15) is 44.1 Å². The number of hydrogen-bond acceptors (Lipinski definition) is 3. The average molecular weight is 343 g/mol. The molecule has 2 heterocycles. The molecule has 2 aliphatic rings. The van der Waals surface area contributed by atoms with Gasteiger partial charge in [-0.25, -0.2) is 0 Å². The smallest absolute Gasteiger partial charge is 0.230 e. The Bertz CT molecular complexity index is 576. The lowest BCUT2D eigenvalue weighted by atomic mass is 9.93. The fourth-order valence-corrected chi connectivity index (χ4v) is 3.90. The van der Waals surface area contributed by atoms with Gasteiger partial charge in [0.15, 0.2) is 0 Å². The lowest BCUT2D eigenvalue weighted by Gasteiger charge is -2.35. The number of carbonyl (C=O) groups excluding carboxylic acids is 2. The minimum Gasteiger partial charge on any atom is -0.353 e. The molecule has 136 valence electrons. The first kappa shape index (κ1) is 17.9. The molecule has 2 N–H and O–H groups in total. The third-order valence-electron chi connectivity index (χ3n) is 5.49. The quantitative estimate of drug-likeness (QED) is 0.858. The Morgan fingerprint density at radius 1 is 1.20 bits per heavy atom. The summed E-state index contributed by atoms with van der Waals surface area (Å²) >= 11 is 0. The molecule has 3 rings (SSSR count). The highest BCUT2D eigenvalue weighted by atomic mass is 16.2. The largest absolute Gasteiger partial charge is 0.353 e. The minimum atomic E-state index is -0.0584. The summed E-state index contributed by atoms with van der Waals surface area (Å²) in [4.78, 5) is 27.1. The molecule has 2 amide bonds. The van der Waals surface area contributed by atoms with Gasteiger partial charge in [0.25, 0.3) is 0 Å². The molecule has 2 saturated heterocycles. The van der Waals surface area contributed by atoms with E-state index in [-0.39, 0.29) is 29.7 Å². The number of nitrogens with one attached hydrogen (secondary N) is 2. The van der Waals surface area contributed by atoms with Gasteiger partial charge in [0, 0.05) is 25.7 Å². The number of hydrogen-bond donors (Lipinski definition) is 2. The van der Waals surface area contributed by atoms with Crippen molar-refractivity contribution in [2.24, 2.45) is 5.92 Å². The van der Waals surface area contributed by atoms with Gasteiger partial charge in [-0.05, 0) is 37.8 Å². The van der Waals surface area contributed by atoms with Crippen LogP contribution >= 0.6 is 0 Å². The maximum absolute atomic E-state index is 12.9. The molecule has 0 radical (unpaired) electrons. The van der Waals surface area contributed by atoms with Gasteiger partial charge in [-0.3, -0.25) is 9.59 Å². The Hall–Kier alpha value is -1.88. The maximum Gasteiger partial charge on any atom is 0.230 e. The number of likely N-dealkylation sites (tertiary alicyclic amines) is 1. The van der Waals surface area contributed by atoms with Gasteiger partial charge < -0.3 is 15.5 Å². The predicted octanol–water partition coefficient (Wildman–Crippen LogP) is 1.90. The molecule has 0 aromatic heterocycles. The summed E-state index contributed by atoms with van der Waals surface area (Å²) in [6.07, 6.45) is 3.44.